The average Bonchev–Trinajstić information content (AvgIpc) is 3.02. The van der Waals surface area contributed by atoms with Gasteiger partial charge in [-0.1, -0.05) is 96.8 Å². The number of aliphatic carboxylic acids is 1. The Labute approximate surface area is 187 Å². The zero-order valence-electron chi connectivity index (χ0n) is 18.6. The van der Waals surface area contributed by atoms with E-state index in [9.17, 15) is 4.79 Å². The van der Waals surface area contributed by atoms with Gasteiger partial charge in [0.1, 0.15) is 0 Å². The van der Waals surface area contributed by atoms with Crippen LogP contribution in [0.4, 0.5) is 0 Å². The molecule has 0 aliphatic rings. The van der Waals surface area contributed by atoms with Gasteiger partial charge in [-0.05, 0) is 37.8 Å². The van der Waals surface area contributed by atoms with E-state index < -0.39 is 5.97 Å². The molecule has 0 bridgehead atoms. The van der Waals surface area contributed by atoms with Gasteiger partial charge in [-0.15, -0.1) is 0 Å². The Morgan fingerprint density at radius 1 is 0.793 bits per heavy atom. The summed E-state index contributed by atoms with van der Waals surface area (Å²) in [6, 6.07) is 0. The first kappa shape index (κ1) is 28.1. The minimum absolute atomic E-state index is 0.345. The van der Waals surface area contributed by atoms with Crippen LogP contribution in [0.5, 0.6) is 0 Å². The number of rotatable bonds is 17. The number of nitrogens with zero attached hydrogens (tertiary/aromatic N) is 1. The van der Waals surface area contributed by atoms with E-state index in [1.807, 2.05) is 6.92 Å². The molecule has 0 aliphatic heterocycles. The summed E-state index contributed by atoms with van der Waals surface area (Å²) in [6.07, 6.45) is 20.2. The van der Waals surface area contributed by atoms with Crippen LogP contribution < -0.4 is 0 Å². The normalized spacial score (nSPS) is 10.6. The lowest BCUT2D eigenvalue weighted by atomic mass is 10.0. The first-order valence-corrected chi connectivity index (χ1v) is 12.4. The van der Waals surface area contributed by atoms with E-state index in [1.54, 1.807) is 4.68 Å². The van der Waals surface area contributed by atoms with Gasteiger partial charge in [0.15, 0.2) is 9.54 Å². The highest BCUT2D eigenvalue weighted by atomic mass is 32.1. The van der Waals surface area contributed by atoms with Crippen molar-refractivity contribution in [2.45, 2.75) is 123 Å². The van der Waals surface area contributed by atoms with Crippen LogP contribution in [0.15, 0.2) is 0 Å². The van der Waals surface area contributed by atoms with Crippen LogP contribution in [-0.4, -0.2) is 25.8 Å². The Bertz CT molecular complexity index is 608. The molecular weight excluding hydrogens is 402 g/mol. The first-order chi connectivity index (χ1) is 14.0. The van der Waals surface area contributed by atoms with Crippen molar-refractivity contribution in [3.05, 3.63) is 9.54 Å². The fourth-order valence-corrected chi connectivity index (χ4v) is 3.78. The summed E-state index contributed by atoms with van der Waals surface area (Å²) in [6.45, 7) is 5.09. The monoisotopic (exact) mass is 445 g/mol. The molecule has 0 spiro atoms. The summed E-state index contributed by atoms with van der Waals surface area (Å²) in [7, 11) is 0. The number of hydrogen-bond acceptors (Lipinski definition) is 3. The van der Waals surface area contributed by atoms with Crippen molar-refractivity contribution >= 4 is 30.4 Å². The highest BCUT2D eigenvalue weighted by Gasteiger charge is 1.97. The smallest absolute Gasteiger partial charge is 0.303 e. The molecular formula is C22H43N3O2S2. The van der Waals surface area contributed by atoms with Gasteiger partial charge in [-0.2, -0.15) is 0 Å². The summed E-state index contributed by atoms with van der Waals surface area (Å²) in [5.74, 6) is -0.653. The molecule has 0 amide bonds. The third-order valence-electron chi connectivity index (χ3n) is 5.01. The predicted octanol–water partition coefficient (Wildman–Crippen LogP) is 7.96. The molecule has 0 aliphatic carbocycles. The topological polar surface area (TPSA) is 73.8 Å². The van der Waals surface area contributed by atoms with E-state index in [0.29, 0.717) is 16.0 Å². The second kappa shape index (κ2) is 20.3. The molecule has 0 atom stereocenters. The Kier molecular flexibility index (Phi) is 19.7. The number of aromatic nitrogens is 3. The SMILES string of the molecule is CCCCCCCCCCCCCCCCCC(=O)O.CCn1[nH]c(=S)[nH]c1=S. The van der Waals surface area contributed by atoms with E-state index >= 15 is 0 Å². The standard InChI is InChI=1S/C18H36O2.C4H7N3S2/c1-2-3-4-5-6-7-8-9-10-11-12-13-14-15-16-17-18(19)20;1-2-7-4(9)5-3(8)6-7/h2-17H2,1H3,(H,19,20);2H2,1H3,(H2,5,6,8,9). The van der Waals surface area contributed by atoms with Crippen LogP contribution in [-0.2, 0) is 11.3 Å². The Morgan fingerprint density at radius 3 is 1.48 bits per heavy atom. The number of hydrogen-bond donors (Lipinski definition) is 3. The van der Waals surface area contributed by atoms with Crippen molar-refractivity contribution in [3.63, 3.8) is 0 Å². The zero-order chi connectivity index (χ0) is 21.7. The van der Waals surface area contributed by atoms with Crippen molar-refractivity contribution in [2.24, 2.45) is 0 Å². The van der Waals surface area contributed by atoms with Crippen molar-refractivity contribution in [2.75, 3.05) is 0 Å². The van der Waals surface area contributed by atoms with Gasteiger partial charge in [0, 0.05) is 13.0 Å². The van der Waals surface area contributed by atoms with E-state index in [1.165, 1.54) is 83.5 Å². The maximum atomic E-state index is 10.3. The van der Waals surface area contributed by atoms with Crippen LogP contribution in [0.1, 0.15) is 117 Å². The molecule has 0 saturated heterocycles. The quantitative estimate of drug-likeness (QED) is 0.168. The molecule has 7 heteroatoms. The number of H-pyrrole nitrogens is 2. The number of nitrogens with one attached hydrogen (secondary N) is 2. The molecule has 3 N–H and O–H groups in total. The largest absolute Gasteiger partial charge is 0.481 e. The molecule has 0 unspecified atom stereocenters. The summed E-state index contributed by atoms with van der Waals surface area (Å²) in [5.41, 5.74) is 0. The Hall–Kier alpha value is -0.950. The van der Waals surface area contributed by atoms with Crippen LogP contribution in [0, 0.1) is 9.54 Å². The predicted molar refractivity (Wildman–Crippen MR) is 128 cm³/mol. The second-order valence-electron chi connectivity index (χ2n) is 7.71. The van der Waals surface area contributed by atoms with Crippen molar-refractivity contribution in [3.8, 4) is 0 Å². The number of carboxylic acids is 1. The molecule has 1 aromatic heterocycles. The molecule has 5 nitrogen and oxygen atoms in total. The molecule has 1 aromatic rings. The summed E-state index contributed by atoms with van der Waals surface area (Å²) >= 11 is 9.67. The van der Waals surface area contributed by atoms with Crippen molar-refractivity contribution < 1.29 is 9.90 Å². The lowest BCUT2D eigenvalue weighted by molar-refractivity contribution is -0.137. The minimum Gasteiger partial charge on any atom is -0.481 e. The highest BCUT2D eigenvalue weighted by Crippen LogP contribution is 2.13. The Morgan fingerprint density at radius 2 is 1.21 bits per heavy atom. The van der Waals surface area contributed by atoms with E-state index in [2.05, 4.69) is 17.0 Å². The fraction of sp³-hybridized carbons (Fsp3) is 0.864. The third kappa shape index (κ3) is 18.8. The van der Waals surface area contributed by atoms with Crippen molar-refractivity contribution in [1.82, 2.24) is 14.8 Å². The summed E-state index contributed by atoms with van der Waals surface area (Å²) in [5, 5.41) is 11.4. The Balaban J connectivity index is 0.000000717. The fourth-order valence-electron chi connectivity index (χ4n) is 3.24. The summed E-state index contributed by atoms with van der Waals surface area (Å²) in [4.78, 5) is 13.1. The second-order valence-corrected chi connectivity index (χ2v) is 8.50. The van der Waals surface area contributed by atoms with E-state index in [0.717, 1.165) is 19.4 Å². The number of aryl methyl sites for hydroxylation is 1. The molecule has 170 valence electrons. The number of carbonyl (C=O) groups is 1. The molecule has 0 saturated carbocycles. The maximum Gasteiger partial charge on any atom is 0.303 e. The zero-order valence-corrected chi connectivity index (χ0v) is 20.3. The molecule has 1 rings (SSSR count). The third-order valence-corrected chi connectivity index (χ3v) is 5.53. The molecule has 0 fully saturated rings. The van der Waals surface area contributed by atoms with Gasteiger partial charge in [0.25, 0.3) is 0 Å². The van der Waals surface area contributed by atoms with Crippen molar-refractivity contribution in [1.29, 1.82) is 0 Å². The van der Waals surface area contributed by atoms with Crippen LogP contribution in [0.3, 0.4) is 0 Å². The summed E-state index contributed by atoms with van der Waals surface area (Å²) < 4.78 is 3.02. The average molecular weight is 446 g/mol. The molecule has 0 aromatic carbocycles. The highest BCUT2D eigenvalue weighted by molar-refractivity contribution is 7.72. The molecule has 1 heterocycles. The number of aromatic amines is 2. The van der Waals surface area contributed by atoms with Crippen LogP contribution in [0.25, 0.3) is 0 Å². The molecule has 29 heavy (non-hydrogen) atoms. The van der Waals surface area contributed by atoms with Crippen LogP contribution in [0.2, 0.25) is 0 Å². The van der Waals surface area contributed by atoms with E-state index in [-0.39, 0.29) is 0 Å². The first-order valence-electron chi connectivity index (χ1n) is 11.6. The lowest BCUT2D eigenvalue weighted by Crippen LogP contribution is -1.94. The van der Waals surface area contributed by atoms with Gasteiger partial charge in [0.05, 0.1) is 0 Å². The maximum absolute atomic E-state index is 10.3. The van der Waals surface area contributed by atoms with Gasteiger partial charge >= 0.3 is 5.97 Å². The lowest BCUT2D eigenvalue weighted by Gasteiger charge is -2.03. The van der Waals surface area contributed by atoms with Gasteiger partial charge < -0.3 is 10.1 Å². The minimum atomic E-state index is -0.653. The number of carboxylic acid groups (broad SMARTS) is 1. The van der Waals surface area contributed by atoms with Crippen LogP contribution >= 0.6 is 24.4 Å². The molecule has 0 radical (unpaired) electrons. The number of unbranched alkanes of at least 4 members (excludes halogenated alkanes) is 14. The van der Waals surface area contributed by atoms with Gasteiger partial charge in [0.2, 0.25) is 0 Å². The van der Waals surface area contributed by atoms with Gasteiger partial charge in [-0.25, -0.2) is 0 Å². The van der Waals surface area contributed by atoms with Gasteiger partial charge in [-0.3, -0.25) is 14.6 Å². The van der Waals surface area contributed by atoms with E-state index in [4.69, 9.17) is 29.5 Å².